The van der Waals surface area contributed by atoms with Gasteiger partial charge in [0.1, 0.15) is 5.82 Å². The van der Waals surface area contributed by atoms with Crippen LogP contribution in [0.3, 0.4) is 0 Å². The first-order chi connectivity index (χ1) is 9.56. The average Bonchev–Trinajstić information content (AvgIpc) is 2.95. The van der Waals surface area contributed by atoms with Crippen molar-refractivity contribution in [3.63, 3.8) is 0 Å². The van der Waals surface area contributed by atoms with Crippen LogP contribution < -0.4 is 5.32 Å². The second kappa shape index (κ2) is 4.98. The summed E-state index contributed by atoms with van der Waals surface area (Å²) in [6.45, 7) is 5.71. The van der Waals surface area contributed by atoms with Gasteiger partial charge >= 0.3 is 0 Å². The summed E-state index contributed by atoms with van der Waals surface area (Å²) in [7, 11) is 0. The number of thioether (sulfide) groups is 1. The number of nitrogens with zero attached hydrogens (tertiary/aromatic N) is 2. The van der Waals surface area contributed by atoms with Crippen LogP contribution in [-0.4, -0.2) is 15.7 Å². The third-order valence-corrected chi connectivity index (χ3v) is 4.55. The normalized spacial score (nSPS) is 13.3. The van der Waals surface area contributed by atoms with Gasteiger partial charge in [0.2, 0.25) is 5.91 Å². The Kier molecular flexibility index (Phi) is 3.30. The van der Waals surface area contributed by atoms with Crippen molar-refractivity contribution in [1.29, 1.82) is 0 Å². The molecule has 0 bridgehead atoms. The summed E-state index contributed by atoms with van der Waals surface area (Å²) in [5.41, 5.74) is 5.71. The Morgan fingerprint density at radius 3 is 2.80 bits per heavy atom. The summed E-state index contributed by atoms with van der Waals surface area (Å²) >= 11 is 1.83. The van der Waals surface area contributed by atoms with Crippen LogP contribution in [-0.2, 0) is 16.3 Å². The van der Waals surface area contributed by atoms with Gasteiger partial charge in [-0.1, -0.05) is 6.07 Å². The molecule has 0 atom stereocenters. The molecule has 0 spiro atoms. The van der Waals surface area contributed by atoms with Crippen LogP contribution in [0, 0.1) is 13.8 Å². The molecule has 1 aromatic carbocycles. The molecule has 0 saturated heterocycles. The molecule has 104 valence electrons. The van der Waals surface area contributed by atoms with Crippen LogP contribution in [0.4, 0.5) is 5.82 Å². The number of carbonyl (C=O) groups is 1. The minimum Gasteiger partial charge on any atom is -0.311 e. The molecule has 4 nitrogen and oxygen atoms in total. The van der Waals surface area contributed by atoms with Gasteiger partial charge < -0.3 is 5.32 Å². The predicted octanol–water partition coefficient (Wildman–Crippen LogP) is 3.19. The van der Waals surface area contributed by atoms with Gasteiger partial charge in [0.25, 0.3) is 0 Å². The van der Waals surface area contributed by atoms with Gasteiger partial charge in [-0.15, -0.1) is 0 Å². The summed E-state index contributed by atoms with van der Waals surface area (Å²) in [4.78, 5) is 11.5. The van der Waals surface area contributed by atoms with E-state index in [1.807, 2.05) is 22.5 Å². The van der Waals surface area contributed by atoms with Gasteiger partial charge in [-0.2, -0.15) is 16.9 Å². The zero-order chi connectivity index (χ0) is 14.3. The SMILES string of the molecule is CC(=O)Nc1c2c(nn1-c1ccc(C)c(C)c1)CSC2. The van der Waals surface area contributed by atoms with Crippen molar-refractivity contribution < 1.29 is 4.79 Å². The summed E-state index contributed by atoms with van der Waals surface area (Å²) in [5, 5.41) is 7.60. The number of anilines is 1. The van der Waals surface area contributed by atoms with Gasteiger partial charge in [-0.25, -0.2) is 4.68 Å². The number of fused-ring (bicyclic) bond motifs is 1. The molecule has 0 radical (unpaired) electrons. The Hall–Kier alpha value is -1.75. The van der Waals surface area contributed by atoms with Crippen LogP contribution in [0.5, 0.6) is 0 Å². The molecule has 2 heterocycles. The highest BCUT2D eigenvalue weighted by molar-refractivity contribution is 7.98. The Bertz CT molecular complexity index is 691. The van der Waals surface area contributed by atoms with Crippen LogP contribution in [0.15, 0.2) is 18.2 Å². The maximum Gasteiger partial charge on any atom is 0.222 e. The lowest BCUT2D eigenvalue weighted by Crippen LogP contribution is -2.12. The third-order valence-electron chi connectivity index (χ3n) is 3.58. The van der Waals surface area contributed by atoms with Crippen LogP contribution >= 0.6 is 11.8 Å². The van der Waals surface area contributed by atoms with Gasteiger partial charge in [0.15, 0.2) is 0 Å². The first-order valence-electron chi connectivity index (χ1n) is 6.60. The number of benzene rings is 1. The van der Waals surface area contributed by atoms with Crippen molar-refractivity contribution in [2.45, 2.75) is 32.3 Å². The highest BCUT2D eigenvalue weighted by Gasteiger charge is 2.24. The van der Waals surface area contributed by atoms with Crippen molar-refractivity contribution in [2.24, 2.45) is 0 Å². The maximum atomic E-state index is 11.5. The molecule has 1 amide bonds. The van der Waals surface area contributed by atoms with E-state index >= 15 is 0 Å². The molecule has 2 aromatic rings. The minimum absolute atomic E-state index is 0.0605. The van der Waals surface area contributed by atoms with Gasteiger partial charge in [-0.05, 0) is 37.1 Å². The van der Waals surface area contributed by atoms with E-state index < -0.39 is 0 Å². The summed E-state index contributed by atoms with van der Waals surface area (Å²) in [5.74, 6) is 2.59. The van der Waals surface area contributed by atoms with Crippen LogP contribution in [0.25, 0.3) is 5.69 Å². The number of nitrogens with one attached hydrogen (secondary N) is 1. The molecule has 0 fully saturated rings. The highest BCUT2D eigenvalue weighted by atomic mass is 32.2. The number of amides is 1. The Morgan fingerprint density at radius 1 is 1.30 bits per heavy atom. The van der Waals surface area contributed by atoms with E-state index in [0.29, 0.717) is 0 Å². The van der Waals surface area contributed by atoms with E-state index in [1.54, 1.807) is 0 Å². The predicted molar refractivity (Wildman–Crippen MR) is 82.3 cm³/mol. The Labute approximate surface area is 122 Å². The molecular weight excluding hydrogens is 270 g/mol. The molecule has 3 rings (SSSR count). The fourth-order valence-electron chi connectivity index (χ4n) is 2.35. The number of aromatic nitrogens is 2. The lowest BCUT2D eigenvalue weighted by Gasteiger charge is -2.11. The number of carbonyl (C=O) groups excluding carboxylic acids is 1. The molecule has 0 aliphatic carbocycles. The second-order valence-electron chi connectivity index (χ2n) is 5.13. The third kappa shape index (κ3) is 2.22. The fourth-order valence-corrected chi connectivity index (χ4v) is 3.39. The second-order valence-corrected chi connectivity index (χ2v) is 6.11. The van der Waals surface area contributed by atoms with Crippen molar-refractivity contribution in [3.8, 4) is 5.69 Å². The minimum atomic E-state index is -0.0605. The molecular formula is C15H17N3OS. The molecule has 1 aromatic heterocycles. The quantitative estimate of drug-likeness (QED) is 0.922. The first-order valence-corrected chi connectivity index (χ1v) is 7.75. The molecule has 0 saturated carbocycles. The summed E-state index contributed by atoms with van der Waals surface area (Å²) in [6.07, 6.45) is 0. The smallest absolute Gasteiger partial charge is 0.222 e. The highest BCUT2D eigenvalue weighted by Crippen LogP contribution is 2.36. The molecule has 1 N–H and O–H groups in total. The van der Waals surface area contributed by atoms with Crippen molar-refractivity contribution >= 4 is 23.5 Å². The van der Waals surface area contributed by atoms with Gasteiger partial charge in [0.05, 0.1) is 11.4 Å². The first kappa shape index (κ1) is 13.2. The van der Waals surface area contributed by atoms with Crippen LogP contribution in [0.1, 0.15) is 29.3 Å². The van der Waals surface area contributed by atoms with Crippen LogP contribution in [0.2, 0.25) is 0 Å². The largest absolute Gasteiger partial charge is 0.311 e. The number of rotatable bonds is 2. The van der Waals surface area contributed by atoms with E-state index in [9.17, 15) is 4.79 Å². The molecule has 1 aliphatic heterocycles. The lowest BCUT2D eigenvalue weighted by atomic mass is 10.1. The molecule has 1 aliphatic rings. The summed E-state index contributed by atoms with van der Waals surface area (Å²) in [6, 6.07) is 6.24. The van der Waals surface area contributed by atoms with Crippen molar-refractivity contribution in [3.05, 3.63) is 40.6 Å². The van der Waals surface area contributed by atoms with E-state index in [4.69, 9.17) is 0 Å². The van der Waals surface area contributed by atoms with Crippen molar-refractivity contribution in [1.82, 2.24) is 9.78 Å². The van der Waals surface area contributed by atoms with E-state index in [2.05, 4.69) is 36.4 Å². The van der Waals surface area contributed by atoms with Gasteiger partial charge in [-0.3, -0.25) is 4.79 Å². The fraction of sp³-hybridized carbons (Fsp3) is 0.333. The van der Waals surface area contributed by atoms with Gasteiger partial charge in [0, 0.05) is 24.0 Å². The van der Waals surface area contributed by atoms with E-state index in [0.717, 1.165) is 34.3 Å². The Morgan fingerprint density at radius 2 is 2.10 bits per heavy atom. The lowest BCUT2D eigenvalue weighted by molar-refractivity contribution is -0.114. The topological polar surface area (TPSA) is 46.9 Å². The zero-order valence-corrected chi connectivity index (χ0v) is 12.7. The maximum absolute atomic E-state index is 11.5. The molecule has 0 unspecified atom stereocenters. The number of aryl methyl sites for hydroxylation is 2. The number of hydrogen-bond acceptors (Lipinski definition) is 3. The zero-order valence-electron chi connectivity index (χ0n) is 11.9. The van der Waals surface area contributed by atoms with E-state index in [1.165, 1.54) is 18.1 Å². The standard InChI is InChI=1S/C15H17N3OS/c1-9-4-5-12(6-10(9)2)18-15(16-11(3)19)13-7-20-8-14(13)17-18/h4-6H,7-8H2,1-3H3,(H,16,19). The average molecular weight is 287 g/mol. The Balaban J connectivity index is 2.13. The molecule has 20 heavy (non-hydrogen) atoms. The molecule has 5 heteroatoms. The number of hydrogen-bond donors (Lipinski definition) is 1. The van der Waals surface area contributed by atoms with E-state index in [-0.39, 0.29) is 5.91 Å². The summed E-state index contributed by atoms with van der Waals surface area (Å²) < 4.78 is 1.86. The monoisotopic (exact) mass is 287 g/mol. The van der Waals surface area contributed by atoms with Crippen molar-refractivity contribution in [2.75, 3.05) is 5.32 Å².